The molecule has 0 aromatic carbocycles. The van der Waals surface area contributed by atoms with Crippen molar-refractivity contribution in [1.82, 2.24) is 0 Å². The highest BCUT2D eigenvalue weighted by molar-refractivity contribution is 5.95. The molecular weight excluding hydrogens is 528 g/mol. The van der Waals surface area contributed by atoms with Crippen LogP contribution in [0.15, 0.2) is 23.3 Å². The summed E-state index contributed by atoms with van der Waals surface area (Å²) in [5.41, 5.74) is -2.60. The molecule has 0 radical (unpaired) electrons. The Labute approximate surface area is 254 Å². The second-order valence-electron chi connectivity index (χ2n) is 14.7. The van der Waals surface area contributed by atoms with Crippen LogP contribution in [0.5, 0.6) is 0 Å². The van der Waals surface area contributed by atoms with Crippen LogP contribution in [0.1, 0.15) is 131 Å². The van der Waals surface area contributed by atoms with Gasteiger partial charge in [-0.1, -0.05) is 117 Å². The van der Waals surface area contributed by atoms with Crippen molar-refractivity contribution >= 4 is 11.8 Å². The van der Waals surface area contributed by atoms with Gasteiger partial charge in [0.15, 0.2) is 17.5 Å². The zero-order valence-electron chi connectivity index (χ0n) is 27.0. The highest BCUT2D eigenvalue weighted by Gasteiger charge is 2.76. The summed E-state index contributed by atoms with van der Waals surface area (Å²) in [5, 5.41) is 34.3. The maximum Gasteiger partial charge on any atom is 0.306 e. The number of aliphatic hydroxyl groups is 3. The number of rotatable bonds is 16. The maximum absolute atomic E-state index is 14.4. The Morgan fingerprint density at radius 1 is 0.976 bits per heavy atom. The number of aliphatic hydroxyl groups excluding tert-OH is 2. The summed E-state index contributed by atoms with van der Waals surface area (Å²) in [6.07, 6.45) is 17.7. The number of fused-ring (bicyclic) bond motifs is 3. The fourth-order valence-corrected chi connectivity index (χ4v) is 9.07. The van der Waals surface area contributed by atoms with Gasteiger partial charge in [0.2, 0.25) is 0 Å². The van der Waals surface area contributed by atoms with Crippen LogP contribution in [-0.2, 0) is 14.3 Å². The van der Waals surface area contributed by atoms with E-state index in [-0.39, 0.29) is 35.0 Å². The molecule has 0 aromatic heterocycles. The summed E-state index contributed by atoms with van der Waals surface area (Å²) in [5.74, 6) is -0.856. The van der Waals surface area contributed by atoms with Crippen LogP contribution in [0, 0.1) is 34.5 Å². The van der Waals surface area contributed by atoms with Crippen LogP contribution < -0.4 is 0 Å². The Kier molecular flexibility index (Phi) is 10.9. The Morgan fingerprint density at radius 2 is 1.52 bits per heavy atom. The number of ether oxygens (including phenoxy) is 1. The van der Waals surface area contributed by atoms with Crippen molar-refractivity contribution in [2.75, 3.05) is 6.61 Å². The molecule has 0 aromatic rings. The van der Waals surface area contributed by atoms with E-state index in [2.05, 4.69) is 20.8 Å². The zero-order chi connectivity index (χ0) is 30.7. The highest BCUT2D eigenvalue weighted by Crippen LogP contribution is 2.71. The van der Waals surface area contributed by atoms with E-state index >= 15 is 0 Å². The number of allylic oxidation sites excluding steroid dienone is 1. The molecule has 4 aliphatic rings. The van der Waals surface area contributed by atoms with Crippen LogP contribution in [0.4, 0.5) is 0 Å². The SMILES string of the molecule is CCCCCCCCCCCCCCCC(=O)O[C@H]1C(C)=CC23C(=O)C(C=C(CO)[C@@H](O)[C@]12O)[C@H]1[C@@H](C[C@H]3C)C1(C)C. The molecule has 6 heteroatoms. The first-order valence-corrected chi connectivity index (χ1v) is 17.1. The van der Waals surface area contributed by atoms with Crippen molar-refractivity contribution in [2.24, 2.45) is 34.5 Å². The average Bonchev–Trinajstić information content (AvgIpc) is 3.44. The van der Waals surface area contributed by atoms with Crippen LogP contribution in [0.25, 0.3) is 0 Å². The Hall–Kier alpha value is -1.50. The van der Waals surface area contributed by atoms with Gasteiger partial charge in [-0.05, 0) is 54.1 Å². The quantitative estimate of drug-likeness (QED) is 0.104. The molecule has 4 aliphatic carbocycles. The van der Waals surface area contributed by atoms with E-state index in [0.717, 1.165) is 25.7 Å². The van der Waals surface area contributed by atoms with E-state index in [4.69, 9.17) is 4.74 Å². The van der Waals surface area contributed by atoms with E-state index in [1.54, 1.807) is 19.1 Å². The lowest BCUT2D eigenvalue weighted by Gasteiger charge is -2.48. The number of Topliss-reactive ketones (excluding diaryl/α,β-unsaturated/α-hetero) is 1. The van der Waals surface area contributed by atoms with Gasteiger partial charge in [-0.15, -0.1) is 0 Å². The summed E-state index contributed by atoms with van der Waals surface area (Å²) in [6, 6.07) is 0. The number of ketones is 1. The van der Waals surface area contributed by atoms with Gasteiger partial charge in [-0.3, -0.25) is 9.59 Å². The molecule has 6 nitrogen and oxygen atoms in total. The first-order valence-electron chi connectivity index (χ1n) is 17.1. The van der Waals surface area contributed by atoms with Crippen molar-refractivity contribution in [2.45, 2.75) is 149 Å². The van der Waals surface area contributed by atoms with Crippen LogP contribution in [0.3, 0.4) is 0 Å². The van der Waals surface area contributed by atoms with E-state index in [0.29, 0.717) is 11.5 Å². The molecule has 2 unspecified atom stereocenters. The maximum atomic E-state index is 14.4. The first-order chi connectivity index (χ1) is 20.0. The van der Waals surface area contributed by atoms with Gasteiger partial charge < -0.3 is 20.1 Å². The monoisotopic (exact) mass is 586 g/mol. The van der Waals surface area contributed by atoms with E-state index < -0.39 is 41.7 Å². The van der Waals surface area contributed by atoms with E-state index in [1.165, 1.54) is 64.2 Å². The molecular formula is C36H58O6. The third-order valence-electron chi connectivity index (χ3n) is 11.6. The molecule has 1 spiro atoms. The van der Waals surface area contributed by atoms with Crippen molar-refractivity contribution in [1.29, 1.82) is 0 Å². The molecule has 3 N–H and O–H groups in total. The van der Waals surface area contributed by atoms with Gasteiger partial charge in [-0.25, -0.2) is 0 Å². The minimum absolute atomic E-state index is 0.0161. The number of hydrogen-bond acceptors (Lipinski definition) is 6. The summed E-state index contributed by atoms with van der Waals surface area (Å²) in [6.45, 7) is 9.91. The Balaban J connectivity index is 1.32. The summed E-state index contributed by atoms with van der Waals surface area (Å²) < 4.78 is 5.95. The summed E-state index contributed by atoms with van der Waals surface area (Å²) >= 11 is 0. The third-order valence-corrected chi connectivity index (χ3v) is 11.6. The minimum atomic E-state index is -2.05. The number of carbonyl (C=O) groups excluding carboxylic acids is 2. The molecule has 2 fully saturated rings. The fourth-order valence-electron chi connectivity index (χ4n) is 9.07. The van der Waals surface area contributed by atoms with Crippen LogP contribution in [-0.4, -0.2) is 51.5 Å². The van der Waals surface area contributed by atoms with Crippen molar-refractivity contribution in [3.63, 3.8) is 0 Å². The number of esters is 1. The van der Waals surface area contributed by atoms with Crippen LogP contribution in [0.2, 0.25) is 0 Å². The smallest absolute Gasteiger partial charge is 0.306 e. The molecule has 42 heavy (non-hydrogen) atoms. The third kappa shape index (κ3) is 5.94. The molecule has 4 rings (SSSR count). The normalized spacial score (nSPS) is 36.3. The number of unbranched alkanes of at least 4 members (excludes halogenated alkanes) is 12. The fraction of sp³-hybridized carbons (Fsp3) is 0.833. The lowest BCUT2D eigenvalue weighted by molar-refractivity contribution is -0.203. The van der Waals surface area contributed by atoms with Gasteiger partial charge in [0.1, 0.15) is 6.10 Å². The van der Waals surface area contributed by atoms with E-state index in [1.807, 2.05) is 6.92 Å². The minimum Gasteiger partial charge on any atom is -0.455 e. The number of carbonyl (C=O) groups is 2. The second kappa shape index (κ2) is 13.6. The van der Waals surface area contributed by atoms with Gasteiger partial charge in [0.05, 0.1) is 12.0 Å². The molecule has 0 aliphatic heterocycles. The van der Waals surface area contributed by atoms with Crippen LogP contribution >= 0.6 is 0 Å². The zero-order valence-corrected chi connectivity index (χ0v) is 27.0. The largest absolute Gasteiger partial charge is 0.455 e. The van der Waals surface area contributed by atoms with Crippen molar-refractivity contribution in [3.05, 3.63) is 23.3 Å². The number of hydrogen-bond donors (Lipinski definition) is 3. The highest BCUT2D eigenvalue weighted by atomic mass is 16.6. The standard InChI is InChI=1S/C36H58O6/c1-6-7-8-9-10-11-12-13-14-15-16-17-18-19-29(38)42-33-24(2)22-35-25(3)20-28-30(34(28,4)5)27(32(35)40)21-26(23-37)31(39)36(33,35)41/h21-22,25,27-28,30-31,33,37,39,41H,6-20,23H2,1-5H3/t25-,27?,28-,30+,31-,33+,35?,36+/m1/s1. The van der Waals surface area contributed by atoms with Gasteiger partial charge in [-0.2, -0.15) is 0 Å². The van der Waals surface area contributed by atoms with Gasteiger partial charge >= 0.3 is 5.97 Å². The predicted octanol–water partition coefficient (Wildman–Crippen LogP) is 6.85. The molecule has 0 heterocycles. The lowest BCUT2D eigenvalue weighted by Crippen LogP contribution is -2.65. The Bertz CT molecular complexity index is 1030. The topological polar surface area (TPSA) is 104 Å². The molecule has 238 valence electrons. The molecule has 2 saturated carbocycles. The predicted molar refractivity (Wildman–Crippen MR) is 166 cm³/mol. The van der Waals surface area contributed by atoms with Crippen molar-refractivity contribution in [3.8, 4) is 0 Å². The van der Waals surface area contributed by atoms with Crippen molar-refractivity contribution < 1.29 is 29.6 Å². The van der Waals surface area contributed by atoms with Gasteiger partial charge in [0, 0.05) is 12.3 Å². The Morgan fingerprint density at radius 3 is 2.07 bits per heavy atom. The van der Waals surface area contributed by atoms with Gasteiger partial charge in [0.25, 0.3) is 0 Å². The lowest BCUT2D eigenvalue weighted by atomic mass is 9.59. The summed E-state index contributed by atoms with van der Waals surface area (Å²) in [4.78, 5) is 27.5. The average molecular weight is 587 g/mol. The second-order valence-corrected chi connectivity index (χ2v) is 14.7. The van der Waals surface area contributed by atoms with E-state index in [9.17, 15) is 24.9 Å². The first kappa shape index (κ1) is 33.4. The molecule has 2 bridgehead atoms. The summed E-state index contributed by atoms with van der Waals surface area (Å²) in [7, 11) is 0. The molecule has 0 saturated heterocycles. The molecule has 0 amide bonds. The molecule has 8 atom stereocenters.